The highest BCUT2D eigenvalue weighted by Crippen LogP contribution is 2.54. The minimum atomic E-state index is -0.185. The lowest BCUT2D eigenvalue weighted by Crippen LogP contribution is -2.41. The molecule has 10 heteroatoms. The molecule has 0 bridgehead atoms. The Labute approximate surface area is 223 Å². The van der Waals surface area contributed by atoms with Gasteiger partial charge in [0.1, 0.15) is 5.82 Å². The van der Waals surface area contributed by atoms with Gasteiger partial charge in [0.15, 0.2) is 11.6 Å². The van der Waals surface area contributed by atoms with Crippen LogP contribution in [0.5, 0.6) is 5.75 Å². The van der Waals surface area contributed by atoms with Crippen LogP contribution < -0.4 is 24.6 Å². The number of nitrogens with zero attached hydrogens (tertiary/aromatic N) is 3. The quantitative estimate of drug-likeness (QED) is 0.330. The normalized spacial score (nSPS) is 20.6. The van der Waals surface area contributed by atoms with Crippen LogP contribution in [-0.2, 0) is 4.74 Å². The van der Waals surface area contributed by atoms with Crippen LogP contribution in [-0.4, -0.2) is 74.4 Å². The molecule has 2 saturated heterocycles. The first kappa shape index (κ1) is 25.9. The van der Waals surface area contributed by atoms with Gasteiger partial charge in [-0.1, -0.05) is 11.9 Å². The van der Waals surface area contributed by atoms with Crippen molar-refractivity contribution in [1.29, 1.82) is 0 Å². The molecule has 2 aliphatic heterocycles. The predicted molar refractivity (Wildman–Crippen MR) is 149 cm³/mol. The summed E-state index contributed by atoms with van der Waals surface area (Å²) in [5, 5.41) is 12.1. The van der Waals surface area contributed by atoms with Crippen molar-refractivity contribution in [2.45, 2.75) is 38.7 Å². The van der Waals surface area contributed by atoms with E-state index in [0.717, 1.165) is 24.5 Å². The molecule has 1 saturated carbocycles. The second kappa shape index (κ2) is 11.4. The van der Waals surface area contributed by atoms with Crippen LogP contribution >= 0.6 is 11.9 Å². The number of hydrogen-bond acceptors (Lipinski definition) is 9. The second-order valence-corrected chi connectivity index (χ2v) is 11.1. The number of carbonyl (C=O) groups excluding carboxylic acids is 1. The lowest BCUT2D eigenvalue weighted by molar-refractivity contribution is 0.0528. The van der Waals surface area contributed by atoms with Crippen LogP contribution in [0.25, 0.3) is 0 Å². The van der Waals surface area contributed by atoms with E-state index < -0.39 is 0 Å². The van der Waals surface area contributed by atoms with Gasteiger partial charge in [0.05, 0.1) is 37.7 Å². The smallest absolute Gasteiger partial charge is 0.258 e. The Balaban J connectivity index is 1.37. The van der Waals surface area contributed by atoms with Crippen LogP contribution in [0.15, 0.2) is 30.3 Å². The maximum Gasteiger partial charge on any atom is 0.258 e. The van der Waals surface area contributed by atoms with Gasteiger partial charge in [-0.2, -0.15) is 0 Å². The summed E-state index contributed by atoms with van der Waals surface area (Å²) in [6, 6.07) is 9.47. The number of morpholine rings is 1. The minimum absolute atomic E-state index is 0.100. The number of carbonyl (C=O) groups is 1. The second-order valence-electron chi connectivity index (χ2n) is 10.2. The summed E-state index contributed by atoms with van der Waals surface area (Å²) in [6.45, 7) is 6.11. The van der Waals surface area contributed by atoms with Crippen LogP contribution in [0.2, 0.25) is 0 Å². The molecule has 37 heavy (non-hydrogen) atoms. The van der Waals surface area contributed by atoms with Crippen LogP contribution in [0.1, 0.15) is 43.0 Å². The first-order valence-electron chi connectivity index (χ1n) is 13.1. The van der Waals surface area contributed by atoms with Crippen molar-refractivity contribution >= 4 is 40.9 Å². The standard InChI is InChI=1S/C27H37N5O4S/c1-19-18-32(13-15-36-19)25-23(35-2)5-6-24(28-25)29-26(34)21-4-3-20(30-37-16-14-33)17-22(21)31-11-9-27(7-8-27)10-12-31/h3-6,17,19,30,33H,7-16,18H2,1-2H3,(H,28,29,34)/t19-/m0/s1. The van der Waals surface area contributed by atoms with Gasteiger partial charge < -0.3 is 34.4 Å². The summed E-state index contributed by atoms with van der Waals surface area (Å²) in [5.41, 5.74) is 3.02. The Hall–Kier alpha value is -2.69. The number of aliphatic hydroxyl groups is 1. The fourth-order valence-corrected chi connectivity index (χ4v) is 5.70. The minimum Gasteiger partial charge on any atom is -0.493 e. The van der Waals surface area contributed by atoms with Gasteiger partial charge in [-0.3, -0.25) is 4.79 Å². The Bertz CT molecular complexity index is 1100. The van der Waals surface area contributed by atoms with E-state index >= 15 is 0 Å². The van der Waals surface area contributed by atoms with Crippen LogP contribution in [0.4, 0.5) is 23.0 Å². The van der Waals surface area contributed by atoms with Gasteiger partial charge in [-0.05, 0) is 68.4 Å². The first-order valence-corrected chi connectivity index (χ1v) is 14.1. The highest BCUT2D eigenvalue weighted by molar-refractivity contribution is 8.00. The van der Waals surface area contributed by atoms with E-state index in [9.17, 15) is 4.79 Å². The van der Waals surface area contributed by atoms with Crippen molar-refractivity contribution in [2.75, 3.05) is 72.1 Å². The number of ether oxygens (including phenoxy) is 2. The maximum atomic E-state index is 13.6. The predicted octanol–water partition coefficient (Wildman–Crippen LogP) is 4.00. The topological polar surface area (TPSA) is 99.2 Å². The van der Waals surface area contributed by atoms with Gasteiger partial charge in [0.2, 0.25) is 0 Å². The van der Waals surface area contributed by atoms with Gasteiger partial charge in [-0.25, -0.2) is 4.98 Å². The summed E-state index contributed by atoms with van der Waals surface area (Å²) in [5.74, 6) is 2.28. The molecule has 3 aliphatic rings. The molecule has 9 nitrogen and oxygen atoms in total. The summed E-state index contributed by atoms with van der Waals surface area (Å²) in [4.78, 5) is 22.8. The molecular formula is C27H37N5O4S. The molecule has 3 N–H and O–H groups in total. The van der Waals surface area contributed by atoms with Gasteiger partial charge in [0, 0.05) is 37.6 Å². The van der Waals surface area contributed by atoms with E-state index in [0.29, 0.717) is 53.8 Å². The number of nitrogens with one attached hydrogen (secondary N) is 2. The molecule has 1 aromatic heterocycles. The Morgan fingerprint density at radius 3 is 2.70 bits per heavy atom. The third-order valence-corrected chi connectivity index (χ3v) is 8.36. The molecule has 0 unspecified atom stereocenters. The SMILES string of the molecule is COc1ccc(NC(=O)c2ccc(NSCCO)cc2N2CCC3(CC2)CC3)nc1N1CCO[C@@H](C)C1. The molecule has 1 aliphatic carbocycles. The summed E-state index contributed by atoms with van der Waals surface area (Å²) in [7, 11) is 1.63. The molecule has 2 aromatic rings. The monoisotopic (exact) mass is 527 g/mol. The summed E-state index contributed by atoms with van der Waals surface area (Å²) in [6.07, 6.45) is 5.11. The number of piperidine rings is 1. The molecular weight excluding hydrogens is 490 g/mol. The largest absolute Gasteiger partial charge is 0.493 e. The number of anilines is 4. The Morgan fingerprint density at radius 1 is 1.19 bits per heavy atom. The third kappa shape index (κ3) is 6.08. The number of amides is 1. The van der Waals surface area contributed by atoms with E-state index in [2.05, 4.69) is 19.8 Å². The van der Waals surface area contributed by atoms with Crippen molar-refractivity contribution in [3.05, 3.63) is 35.9 Å². The van der Waals surface area contributed by atoms with Gasteiger partial charge in [-0.15, -0.1) is 0 Å². The van der Waals surface area contributed by atoms with E-state index in [1.807, 2.05) is 31.2 Å². The number of aliphatic hydroxyl groups excluding tert-OH is 1. The van der Waals surface area contributed by atoms with E-state index in [1.54, 1.807) is 13.2 Å². The molecule has 200 valence electrons. The number of pyridine rings is 1. The third-order valence-electron chi connectivity index (χ3n) is 7.59. The number of benzene rings is 1. The zero-order chi connectivity index (χ0) is 25.8. The Morgan fingerprint density at radius 2 is 2.00 bits per heavy atom. The highest BCUT2D eigenvalue weighted by Gasteiger charge is 2.44. The fraction of sp³-hybridized carbons (Fsp3) is 0.556. The van der Waals surface area contributed by atoms with Crippen molar-refractivity contribution < 1.29 is 19.4 Å². The molecule has 1 atom stereocenters. The molecule has 5 rings (SSSR count). The lowest BCUT2D eigenvalue weighted by Gasteiger charge is -2.35. The zero-order valence-corrected chi connectivity index (χ0v) is 22.5. The Kier molecular flexibility index (Phi) is 7.97. The number of methoxy groups -OCH3 is 1. The van der Waals surface area contributed by atoms with Crippen molar-refractivity contribution in [3.8, 4) is 5.75 Å². The molecule has 0 radical (unpaired) electrons. The first-order chi connectivity index (χ1) is 18.0. The van der Waals surface area contributed by atoms with Gasteiger partial charge in [0.25, 0.3) is 5.91 Å². The zero-order valence-electron chi connectivity index (χ0n) is 21.7. The summed E-state index contributed by atoms with van der Waals surface area (Å²) >= 11 is 1.45. The fourth-order valence-electron chi connectivity index (χ4n) is 5.21. The van der Waals surface area contributed by atoms with Gasteiger partial charge >= 0.3 is 0 Å². The van der Waals surface area contributed by atoms with E-state index in [4.69, 9.17) is 19.6 Å². The average molecular weight is 528 g/mol. The number of hydrogen-bond donors (Lipinski definition) is 3. The van der Waals surface area contributed by atoms with Crippen LogP contribution in [0, 0.1) is 5.41 Å². The van der Waals surface area contributed by atoms with Crippen molar-refractivity contribution in [2.24, 2.45) is 5.41 Å². The molecule has 1 aromatic carbocycles. The number of rotatable bonds is 9. The average Bonchev–Trinajstić information content (AvgIpc) is 3.67. The number of aromatic nitrogens is 1. The van der Waals surface area contributed by atoms with E-state index in [-0.39, 0.29) is 18.6 Å². The molecule has 3 fully saturated rings. The maximum absolute atomic E-state index is 13.6. The van der Waals surface area contributed by atoms with E-state index in [1.165, 1.54) is 37.6 Å². The highest BCUT2D eigenvalue weighted by atomic mass is 32.2. The molecule has 1 amide bonds. The van der Waals surface area contributed by atoms with Crippen molar-refractivity contribution in [1.82, 2.24) is 4.98 Å². The molecule has 3 heterocycles. The molecule has 1 spiro atoms. The summed E-state index contributed by atoms with van der Waals surface area (Å²) < 4.78 is 14.5. The lowest BCUT2D eigenvalue weighted by atomic mass is 9.93. The van der Waals surface area contributed by atoms with Crippen molar-refractivity contribution in [3.63, 3.8) is 0 Å². The van der Waals surface area contributed by atoms with Crippen LogP contribution in [0.3, 0.4) is 0 Å².